The minimum absolute atomic E-state index is 0.0278. The maximum absolute atomic E-state index is 13.7. The average molecular weight is 234 g/mol. The van der Waals surface area contributed by atoms with Crippen LogP contribution in [0.2, 0.25) is 0 Å². The van der Waals surface area contributed by atoms with Crippen molar-refractivity contribution in [3.8, 4) is 0 Å². The normalized spacial score (nSPS) is 10.4. The maximum atomic E-state index is 13.7. The largest absolute Gasteiger partial charge is 0.478 e. The first-order valence-corrected chi connectivity index (χ1v) is 4.69. The molecule has 2 aromatic rings. The quantitative estimate of drug-likeness (QED) is 0.836. The molecule has 2 rings (SSSR count). The molecule has 0 saturated carbocycles. The molecule has 2 aromatic carbocycles. The predicted molar refractivity (Wildman–Crippen MR) is 57.8 cm³/mol. The van der Waals surface area contributed by atoms with Crippen molar-refractivity contribution in [2.24, 2.45) is 0 Å². The van der Waals surface area contributed by atoms with Crippen LogP contribution in [0, 0.1) is 5.82 Å². The van der Waals surface area contributed by atoms with Crippen molar-refractivity contribution >= 4 is 22.7 Å². The molecule has 5 heteroatoms. The van der Waals surface area contributed by atoms with E-state index in [-0.39, 0.29) is 10.9 Å². The molecule has 0 unspecified atom stereocenters. The Balaban J connectivity index is 2.72. The van der Waals surface area contributed by atoms with E-state index in [0.717, 1.165) is 6.07 Å². The van der Waals surface area contributed by atoms with Crippen LogP contribution in [0.15, 0.2) is 30.3 Å². The summed E-state index contributed by atoms with van der Waals surface area (Å²) in [5.74, 6) is -3.33. The van der Waals surface area contributed by atoms with E-state index in [2.05, 4.69) is 0 Å². The second kappa shape index (κ2) is 3.86. The molecule has 17 heavy (non-hydrogen) atoms. The van der Waals surface area contributed by atoms with E-state index in [9.17, 15) is 14.0 Å². The number of carboxylic acids is 2. The lowest BCUT2D eigenvalue weighted by molar-refractivity contribution is 0.0683. The fraction of sp³-hybridized carbons (Fsp3) is 0. The number of fused-ring (bicyclic) bond motifs is 1. The molecular weight excluding hydrogens is 227 g/mol. The molecule has 0 aliphatic rings. The Morgan fingerprint density at radius 1 is 1.00 bits per heavy atom. The van der Waals surface area contributed by atoms with Crippen LogP contribution in [0.1, 0.15) is 20.7 Å². The minimum Gasteiger partial charge on any atom is -0.478 e. The first-order chi connectivity index (χ1) is 8.00. The zero-order valence-electron chi connectivity index (χ0n) is 8.48. The molecular formula is C12H7FO4. The summed E-state index contributed by atoms with van der Waals surface area (Å²) in [4.78, 5) is 21.4. The molecule has 0 spiro atoms. The Kier molecular flexibility index (Phi) is 2.51. The molecule has 2 N–H and O–H groups in total. The van der Waals surface area contributed by atoms with E-state index in [4.69, 9.17) is 10.2 Å². The van der Waals surface area contributed by atoms with Gasteiger partial charge in [0.05, 0.1) is 11.1 Å². The Hall–Kier alpha value is -2.43. The van der Waals surface area contributed by atoms with Gasteiger partial charge < -0.3 is 10.2 Å². The summed E-state index contributed by atoms with van der Waals surface area (Å²) in [6.45, 7) is 0. The highest BCUT2D eigenvalue weighted by Crippen LogP contribution is 2.22. The first-order valence-electron chi connectivity index (χ1n) is 4.69. The summed E-state index contributed by atoms with van der Waals surface area (Å²) in [6, 6.07) is 6.30. The van der Waals surface area contributed by atoms with Crippen molar-refractivity contribution in [2.75, 3.05) is 0 Å². The number of hydrogen-bond acceptors (Lipinski definition) is 2. The van der Waals surface area contributed by atoms with Gasteiger partial charge in [0.2, 0.25) is 0 Å². The molecule has 0 radical (unpaired) electrons. The molecule has 0 atom stereocenters. The third-order valence-corrected chi connectivity index (χ3v) is 2.43. The molecule has 0 aromatic heterocycles. The average Bonchev–Trinajstić information content (AvgIpc) is 2.28. The number of rotatable bonds is 2. The zero-order valence-corrected chi connectivity index (χ0v) is 8.48. The van der Waals surface area contributed by atoms with Crippen molar-refractivity contribution in [1.29, 1.82) is 0 Å². The minimum atomic E-state index is -1.35. The third-order valence-electron chi connectivity index (χ3n) is 2.43. The number of carbonyl (C=O) groups is 2. The van der Waals surface area contributed by atoms with Crippen molar-refractivity contribution in [2.45, 2.75) is 0 Å². The van der Waals surface area contributed by atoms with Crippen molar-refractivity contribution in [3.05, 3.63) is 47.3 Å². The van der Waals surface area contributed by atoms with Crippen LogP contribution >= 0.6 is 0 Å². The SMILES string of the molecule is O=C(O)c1ccc2c(F)c(C(=O)O)ccc2c1. The summed E-state index contributed by atoms with van der Waals surface area (Å²) < 4.78 is 13.7. The fourth-order valence-electron chi connectivity index (χ4n) is 1.59. The molecule has 0 heterocycles. The number of aromatic carboxylic acids is 2. The van der Waals surface area contributed by atoms with E-state index in [1.54, 1.807) is 0 Å². The number of halogens is 1. The Bertz CT molecular complexity index is 634. The van der Waals surface area contributed by atoms with Gasteiger partial charge in [0.15, 0.2) is 0 Å². The van der Waals surface area contributed by atoms with E-state index in [0.29, 0.717) is 5.39 Å². The van der Waals surface area contributed by atoms with Gasteiger partial charge in [-0.1, -0.05) is 12.1 Å². The van der Waals surface area contributed by atoms with Gasteiger partial charge >= 0.3 is 11.9 Å². The van der Waals surface area contributed by atoms with Crippen LogP contribution < -0.4 is 0 Å². The molecule has 86 valence electrons. The highest BCUT2D eigenvalue weighted by Gasteiger charge is 2.14. The van der Waals surface area contributed by atoms with Gasteiger partial charge in [0, 0.05) is 5.39 Å². The molecule has 0 bridgehead atoms. The van der Waals surface area contributed by atoms with Crippen molar-refractivity contribution in [3.63, 3.8) is 0 Å². The van der Waals surface area contributed by atoms with Crippen LogP contribution in [0.4, 0.5) is 4.39 Å². The van der Waals surface area contributed by atoms with Crippen molar-refractivity contribution in [1.82, 2.24) is 0 Å². The lowest BCUT2D eigenvalue weighted by Crippen LogP contribution is -2.01. The molecule has 0 saturated heterocycles. The lowest BCUT2D eigenvalue weighted by Gasteiger charge is -2.04. The summed E-state index contributed by atoms with van der Waals surface area (Å²) in [7, 11) is 0. The van der Waals surface area contributed by atoms with Gasteiger partial charge in [-0.05, 0) is 23.6 Å². The van der Waals surface area contributed by atoms with Crippen LogP contribution in [0.25, 0.3) is 10.8 Å². The van der Waals surface area contributed by atoms with Crippen LogP contribution in [-0.2, 0) is 0 Å². The Morgan fingerprint density at radius 3 is 2.29 bits per heavy atom. The molecule has 0 amide bonds. The monoisotopic (exact) mass is 234 g/mol. The van der Waals surface area contributed by atoms with Crippen LogP contribution in [0.3, 0.4) is 0 Å². The second-order valence-electron chi connectivity index (χ2n) is 3.47. The van der Waals surface area contributed by atoms with E-state index >= 15 is 0 Å². The third kappa shape index (κ3) is 1.82. The summed E-state index contributed by atoms with van der Waals surface area (Å²) in [5.41, 5.74) is -0.402. The van der Waals surface area contributed by atoms with Gasteiger partial charge in [-0.25, -0.2) is 14.0 Å². The van der Waals surface area contributed by atoms with Gasteiger partial charge in [0.1, 0.15) is 5.82 Å². The number of carboxylic acid groups (broad SMARTS) is 2. The lowest BCUT2D eigenvalue weighted by atomic mass is 10.0. The standard InChI is InChI=1S/C12H7FO4/c13-10-8-3-2-7(11(14)15)5-6(8)1-4-9(10)12(16)17/h1-5H,(H,14,15)(H,16,17). The van der Waals surface area contributed by atoms with Crippen molar-refractivity contribution < 1.29 is 24.2 Å². The first kappa shape index (κ1) is 11.1. The molecule has 4 nitrogen and oxygen atoms in total. The molecule has 0 aliphatic heterocycles. The fourth-order valence-corrected chi connectivity index (χ4v) is 1.59. The summed E-state index contributed by atoms with van der Waals surface area (Å²) >= 11 is 0. The summed E-state index contributed by atoms with van der Waals surface area (Å²) in [5, 5.41) is 17.9. The van der Waals surface area contributed by atoms with Crippen LogP contribution in [0.5, 0.6) is 0 Å². The smallest absolute Gasteiger partial charge is 0.338 e. The van der Waals surface area contributed by atoms with Gasteiger partial charge in [-0.3, -0.25) is 0 Å². The topological polar surface area (TPSA) is 74.6 Å². The zero-order chi connectivity index (χ0) is 12.6. The summed E-state index contributed by atoms with van der Waals surface area (Å²) in [6.07, 6.45) is 0. The van der Waals surface area contributed by atoms with Gasteiger partial charge in [-0.2, -0.15) is 0 Å². The molecule has 0 aliphatic carbocycles. The van der Waals surface area contributed by atoms with E-state index in [1.165, 1.54) is 24.3 Å². The van der Waals surface area contributed by atoms with E-state index in [1.807, 2.05) is 0 Å². The van der Waals surface area contributed by atoms with Crippen LogP contribution in [-0.4, -0.2) is 22.2 Å². The number of benzene rings is 2. The maximum Gasteiger partial charge on any atom is 0.338 e. The number of hydrogen-bond donors (Lipinski definition) is 2. The predicted octanol–water partition coefficient (Wildman–Crippen LogP) is 2.38. The highest BCUT2D eigenvalue weighted by atomic mass is 19.1. The van der Waals surface area contributed by atoms with Gasteiger partial charge in [0.25, 0.3) is 0 Å². The van der Waals surface area contributed by atoms with Gasteiger partial charge in [-0.15, -0.1) is 0 Å². The highest BCUT2D eigenvalue weighted by molar-refractivity contribution is 5.98. The molecule has 0 fully saturated rings. The second-order valence-corrected chi connectivity index (χ2v) is 3.47. The van der Waals surface area contributed by atoms with E-state index < -0.39 is 23.3 Å². The Labute approximate surface area is 94.9 Å². The Morgan fingerprint density at radius 2 is 1.71 bits per heavy atom.